The van der Waals surface area contributed by atoms with Crippen LogP contribution in [0.15, 0.2) is 22.7 Å². The summed E-state index contributed by atoms with van der Waals surface area (Å²) >= 11 is 9.19. The van der Waals surface area contributed by atoms with Gasteiger partial charge in [0.2, 0.25) is 0 Å². The molecule has 4 heteroatoms. The lowest BCUT2D eigenvalue weighted by molar-refractivity contribution is -0.140. The minimum Gasteiger partial charge on any atom is -0.481 e. The Bertz CT molecular complexity index is 399. The zero-order valence-electron chi connectivity index (χ0n) is 7.26. The average Bonchev–Trinajstić information content (AvgIpc) is 2.90. The molecule has 0 bridgehead atoms. The molecule has 0 amide bonds. The monoisotopic (exact) mass is 274 g/mol. The van der Waals surface area contributed by atoms with Crippen molar-refractivity contribution in [2.75, 3.05) is 0 Å². The summed E-state index contributed by atoms with van der Waals surface area (Å²) in [6, 6.07) is 5.26. The van der Waals surface area contributed by atoms with Crippen LogP contribution in [0.4, 0.5) is 0 Å². The highest BCUT2D eigenvalue weighted by atomic mass is 79.9. The fourth-order valence-electron chi connectivity index (χ4n) is 1.59. The van der Waals surface area contributed by atoms with E-state index >= 15 is 0 Å². The molecule has 0 atom stereocenters. The van der Waals surface area contributed by atoms with Crippen LogP contribution in [0.5, 0.6) is 0 Å². The van der Waals surface area contributed by atoms with Gasteiger partial charge in [0.1, 0.15) is 0 Å². The number of halogens is 2. The van der Waals surface area contributed by atoms with Gasteiger partial charge < -0.3 is 5.11 Å². The van der Waals surface area contributed by atoms with E-state index in [0.29, 0.717) is 17.9 Å². The van der Waals surface area contributed by atoms with E-state index in [4.69, 9.17) is 16.7 Å². The SMILES string of the molecule is O=C(O)C1(c2cc(Cl)ccc2Br)CC1. The highest BCUT2D eigenvalue weighted by Gasteiger charge is 2.52. The minimum absolute atomic E-state index is 0.579. The molecule has 74 valence electrons. The first-order chi connectivity index (χ1) is 6.56. The van der Waals surface area contributed by atoms with E-state index in [9.17, 15) is 4.79 Å². The lowest BCUT2D eigenvalue weighted by atomic mass is 9.96. The predicted octanol–water partition coefficient (Wildman–Crippen LogP) is 3.22. The molecule has 14 heavy (non-hydrogen) atoms. The molecule has 0 heterocycles. The summed E-state index contributed by atoms with van der Waals surface area (Å²) in [5.74, 6) is -0.763. The van der Waals surface area contributed by atoms with Gasteiger partial charge in [-0.25, -0.2) is 0 Å². The molecule has 1 N–H and O–H groups in total. The Kier molecular flexibility index (Phi) is 2.32. The van der Waals surface area contributed by atoms with Crippen molar-refractivity contribution in [1.82, 2.24) is 0 Å². The minimum atomic E-state index is -0.763. The molecular formula is C10H8BrClO2. The fraction of sp³-hybridized carbons (Fsp3) is 0.300. The third-order valence-corrected chi connectivity index (χ3v) is 3.53. The number of carboxylic acid groups (broad SMARTS) is 1. The first-order valence-electron chi connectivity index (χ1n) is 4.25. The van der Waals surface area contributed by atoms with Gasteiger partial charge in [-0.15, -0.1) is 0 Å². The van der Waals surface area contributed by atoms with E-state index in [1.165, 1.54) is 0 Å². The van der Waals surface area contributed by atoms with Gasteiger partial charge in [0.15, 0.2) is 0 Å². The molecule has 0 radical (unpaired) electrons. The van der Waals surface area contributed by atoms with Crippen LogP contribution in [0.2, 0.25) is 5.02 Å². The molecule has 1 aromatic rings. The summed E-state index contributed by atoms with van der Waals surface area (Å²) in [7, 11) is 0. The Hall–Kier alpha value is -0.540. The van der Waals surface area contributed by atoms with Gasteiger partial charge >= 0.3 is 5.97 Å². The Labute approximate surface area is 95.0 Å². The van der Waals surface area contributed by atoms with Gasteiger partial charge in [-0.05, 0) is 36.6 Å². The summed E-state index contributed by atoms with van der Waals surface area (Å²) in [4.78, 5) is 11.1. The predicted molar refractivity (Wildman–Crippen MR) is 57.7 cm³/mol. The smallest absolute Gasteiger partial charge is 0.314 e. The average molecular weight is 276 g/mol. The summed E-state index contributed by atoms with van der Waals surface area (Å²) in [6.07, 6.45) is 1.39. The van der Waals surface area contributed by atoms with Crippen molar-refractivity contribution < 1.29 is 9.90 Å². The van der Waals surface area contributed by atoms with Crippen molar-refractivity contribution in [3.63, 3.8) is 0 Å². The van der Waals surface area contributed by atoms with Gasteiger partial charge in [-0.3, -0.25) is 4.79 Å². The first kappa shape index (κ1) is 9.99. The molecule has 1 aliphatic carbocycles. The summed E-state index contributed by atoms with van der Waals surface area (Å²) in [5.41, 5.74) is 0.0986. The Morgan fingerprint density at radius 1 is 1.50 bits per heavy atom. The Balaban J connectivity index is 2.51. The molecule has 0 saturated heterocycles. The maximum Gasteiger partial charge on any atom is 0.314 e. The van der Waals surface area contributed by atoms with E-state index < -0.39 is 11.4 Å². The third-order valence-electron chi connectivity index (χ3n) is 2.60. The second-order valence-corrected chi connectivity index (χ2v) is 4.80. The number of aliphatic carboxylic acids is 1. The zero-order chi connectivity index (χ0) is 10.3. The van der Waals surface area contributed by atoms with E-state index in [1.807, 2.05) is 0 Å². The second kappa shape index (κ2) is 3.24. The summed E-state index contributed by atoms with van der Waals surface area (Å²) in [5, 5.41) is 9.69. The third kappa shape index (κ3) is 1.44. The van der Waals surface area contributed by atoms with E-state index in [1.54, 1.807) is 18.2 Å². The lowest BCUT2D eigenvalue weighted by Gasteiger charge is -2.12. The number of carbonyl (C=O) groups is 1. The van der Waals surface area contributed by atoms with Crippen LogP contribution in [0.1, 0.15) is 18.4 Å². The van der Waals surface area contributed by atoms with Crippen LogP contribution in [-0.2, 0) is 10.2 Å². The maximum atomic E-state index is 11.1. The lowest BCUT2D eigenvalue weighted by Crippen LogP contribution is -2.19. The van der Waals surface area contributed by atoms with Crippen molar-refractivity contribution >= 4 is 33.5 Å². The summed E-state index contributed by atoms with van der Waals surface area (Å²) in [6.45, 7) is 0. The molecule has 2 rings (SSSR count). The van der Waals surface area contributed by atoms with Crippen molar-refractivity contribution in [1.29, 1.82) is 0 Å². The molecule has 0 aliphatic heterocycles. The van der Waals surface area contributed by atoms with Gasteiger partial charge in [-0.2, -0.15) is 0 Å². The van der Waals surface area contributed by atoms with Gasteiger partial charge in [0, 0.05) is 9.50 Å². The largest absolute Gasteiger partial charge is 0.481 e. The van der Waals surface area contributed by atoms with Crippen molar-refractivity contribution in [2.24, 2.45) is 0 Å². The summed E-state index contributed by atoms with van der Waals surface area (Å²) < 4.78 is 0.821. The van der Waals surface area contributed by atoms with Crippen LogP contribution in [0.25, 0.3) is 0 Å². The number of hydrogen-bond acceptors (Lipinski definition) is 1. The van der Waals surface area contributed by atoms with Crippen LogP contribution < -0.4 is 0 Å². The quantitative estimate of drug-likeness (QED) is 0.900. The molecule has 0 spiro atoms. The van der Waals surface area contributed by atoms with Crippen molar-refractivity contribution in [2.45, 2.75) is 18.3 Å². The zero-order valence-corrected chi connectivity index (χ0v) is 9.60. The molecule has 1 fully saturated rings. The van der Waals surface area contributed by atoms with Crippen LogP contribution >= 0.6 is 27.5 Å². The number of carboxylic acids is 1. The number of rotatable bonds is 2. The van der Waals surface area contributed by atoms with Crippen LogP contribution in [0, 0.1) is 0 Å². The Morgan fingerprint density at radius 2 is 2.14 bits per heavy atom. The molecule has 0 unspecified atom stereocenters. The molecule has 1 saturated carbocycles. The molecular weight excluding hydrogens is 267 g/mol. The topological polar surface area (TPSA) is 37.3 Å². The van der Waals surface area contributed by atoms with E-state index in [-0.39, 0.29) is 0 Å². The van der Waals surface area contributed by atoms with Crippen LogP contribution in [0.3, 0.4) is 0 Å². The van der Waals surface area contributed by atoms with Crippen molar-refractivity contribution in [3.8, 4) is 0 Å². The number of hydrogen-bond donors (Lipinski definition) is 1. The van der Waals surface area contributed by atoms with Crippen LogP contribution in [-0.4, -0.2) is 11.1 Å². The maximum absolute atomic E-state index is 11.1. The van der Waals surface area contributed by atoms with Gasteiger partial charge in [0.05, 0.1) is 5.41 Å². The molecule has 1 aromatic carbocycles. The highest BCUT2D eigenvalue weighted by molar-refractivity contribution is 9.10. The molecule has 1 aliphatic rings. The molecule has 0 aromatic heterocycles. The van der Waals surface area contributed by atoms with Gasteiger partial charge in [-0.1, -0.05) is 27.5 Å². The van der Waals surface area contributed by atoms with E-state index in [2.05, 4.69) is 15.9 Å². The molecule has 2 nitrogen and oxygen atoms in total. The highest BCUT2D eigenvalue weighted by Crippen LogP contribution is 2.51. The number of benzene rings is 1. The standard InChI is InChI=1S/C10H8BrClO2/c11-8-2-1-6(12)5-7(8)10(3-4-10)9(13)14/h1-2,5H,3-4H2,(H,13,14). The van der Waals surface area contributed by atoms with E-state index in [0.717, 1.165) is 10.0 Å². The van der Waals surface area contributed by atoms with Gasteiger partial charge in [0.25, 0.3) is 0 Å². The fourth-order valence-corrected chi connectivity index (χ4v) is 2.39. The normalized spacial score (nSPS) is 17.9. The van der Waals surface area contributed by atoms with Crippen molar-refractivity contribution in [3.05, 3.63) is 33.3 Å². The first-order valence-corrected chi connectivity index (χ1v) is 5.42. The Morgan fingerprint density at radius 3 is 2.64 bits per heavy atom. The second-order valence-electron chi connectivity index (χ2n) is 3.51.